The van der Waals surface area contributed by atoms with E-state index in [1.54, 1.807) is 0 Å². The molecule has 0 spiro atoms. The van der Waals surface area contributed by atoms with Crippen molar-refractivity contribution in [1.29, 1.82) is 0 Å². The first-order valence-corrected chi connectivity index (χ1v) is 10.1. The normalized spacial score (nSPS) is 15.9. The molecule has 1 aliphatic rings. The van der Waals surface area contributed by atoms with Crippen molar-refractivity contribution >= 4 is 38.6 Å². The van der Waals surface area contributed by atoms with E-state index >= 15 is 0 Å². The number of anilines is 1. The van der Waals surface area contributed by atoms with E-state index in [4.69, 9.17) is 0 Å². The Morgan fingerprint density at radius 2 is 1.85 bits per heavy atom. The van der Waals surface area contributed by atoms with Gasteiger partial charge in [0.15, 0.2) is 0 Å². The molecule has 0 radical (unpaired) electrons. The largest absolute Gasteiger partial charge is 0.330 e. The predicted octanol–water partition coefficient (Wildman–Crippen LogP) is 4.15. The molecule has 0 saturated carbocycles. The average Bonchev–Trinajstić information content (AvgIpc) is 3.08. The van der Waals surface area contributed by atoms with Gasteiger partial charge in [-0.2, -0.15) is 0 Å². The van der Waals surface area contributed by atoms with Gasteiger partial charge in [0.2, 0.25) is 5.91 Å². The van der Waals surface area contributed by atoms with E-state index in [1.165, 1.54) is 5.52 Å². The number of hydrogen-bond acceptors (Lipinski definition) is 3. The van der Waals surface area contributed by atoms with Crippen LogP contribution in [0.3, 0.4) is 0 Å². The number of rotatable bonds is 5. The van der Waals surface area contributed by atoms with Crippen LogP contribution in [-0.4, -0.2) is 40.0 Å². The average molecular weight is 427 g/mol. The molecule has 6 heteroatoms. The van der Waals surface area contributed by atoms with Crippen LogP contribution in [0, 0.1) is 5.92 Å². The Kier molecular flexibility index (Phi) is 5.55. The highest BCUT2D eigenvalue weighted by Gasteiger charge is 2.21. The topological polar surface area (TPSA) is 50.2 Å². The summed E-state index contributed by atoms with van der Waals surface area (Å²) in [6.45, 7) is 3.38. The highest BCUT2D eigenvalue weighted by Crippen LogP contribution is 2.22. The Balaban J connectivity index is 1.26. The molecular formula is C21H23BrN4O. The fourth-order valence-electron chi connectivity index (χ4n) is 3.70. The van der Waals surface area contributed by atoms with Crippen LogP contribution in [0.2, 0.25) is 0 Å². The third-order valence-electron chi connectivity index (χ3n) is 5.18. The molecule has 2 aromatic carbocycles. The lowest BCUT2D eigenvalue weighted by Crippen LogP contribution is -2.39. The molecule has 0 aliphatic carbocycles. The van der Waals surface area contributed by atoms with Crippen molar-refractivity contribution < 1.29 is 4.79 Å². The summed E-state index contributed by atoms with van der Waals surface area (Å²) in [5, 5.41) is 2.97. The van der Waals surface area contributed by atoms with Crippen molar-refractivity contribution in [2.24, 2.45) is 5.92 Å². The predicted molar refractivity (Wildman–Crippen MR) is 112 cm³/mol. The molecule has 1 N–H and O–H groups in total. The summed E-state index contributed by atoms with van der Waals surface area (Å²) in [7, 11) is 0. The SMILES string of the molecule is O=C(CN1CCC(Cn2cnc3ccccc32)CC1)Nc1ccc(Br)cc1. The van der Waals surface area contributed by atoms with Crippen molar-refractivity contribution in [3.63, 3.8) is 0 Å². The number of carbonyl (C=O) groups is 1. The Labute approximate surface area is 167 Å². The molecule has 1 fully saturated rings. The number of nitrogens with one attached hydrogen (secondary N) is 1. The van der Waals surface area contributed by atoms with Crippen LogP contribution in [0.4, 0.5) is 5.69 Å². The lowest BCUT2D eigenvalue weighted by atomic mass is 9.96. The standard InChI is InChI=1S/C21H23BrN4O/c22-17-5-7-18(8-6-17)24-21(27)14-25-11-9-16(10-12-25)13-26-15-23-19-3-1-2-4-20(19)26/h1-8,15-16H,9-14H2,(H,24,27). The minimum Gasteiger partial charge on any atom is -0.330 e. The van der Waals surface area contributed by atoms with Crippen molar-refractivity contribution in [3.05, 3.63) is 59.3 Å². The lowest BCUT2D eigenvalue weighted by molar-refractivity contribution is -0.117. The second kappa shape index (κ2) is 8.23. The van der Waals surface area contributed by atoms with Crippen molar-refractivity contribution in [1.82, 2.24) is 14.5 Å². The Morgan fingerprint density at radius 3 is 2.63 bits per heavy atom. The van der Waals surface area contributed by atoms with Gasteiger partial charge in [-0.25, -0.2) is 4.98 Å². The van der Waals surface area contributed by atoms with Gasteiger partial charge in [-0.1, -0.05) is 28.1 Å². The zero-order chi connectivity index (χ0) is 18.6. The maximum Gasteiger partial charge on any atom is 0.238 e. The Hall–Kier alpha value is -2.18. The van der Waals surface area contributed by atoms with E-state index in [9.17, 15) is 4.79 Å². The molecule has 27 heavy (non-hydrogen) atoms. The maximum absolute atomic E-state index is 12.3. The minimum absolute atomic E-state index is 0.0522. The zero-order valence-corrected chi connectivity index (χ0v) is 16.7. The number of piperidine rings is 1. The van der Waals surface area contributed by atoms with Crippen LogP contribution in [0.1, 0.15) is 12.8 Å². The third-order valence-corrected chi connectivity index (χ3v) is 5.71. The number of para-hydroxylation sites is 2. The molecule has 5 nitrogen and oxygen atoms in total. The highest BCUT2D eigenvalue weighted by atomic mass is 79.9. The number of hydrogen-bond donors (Lipinski definition) is 1. The Morgan fingerprint density at radius 1 is 1.11 bits per heavy atom. The lowest BCUT2D eigenvalue weighted by Gasteiger charge is -2.31. The second-order valence-electron chi connectivity index (χ2n) is 7.16. The number of aromatic nitrogens is 2. The first-order chi connectivity index (χ1) is 13.2. The summed E-state index contributed by atoms with van der Waals surface area (Å²) in [5.74, 6) is 0.685. The molecule has 1 amide bonds. The van der Waals surface area contributed by atoms with E-state index in [1.807, 2.05) is 36.7 Å². The number of carbonyl (C=O) groups excluding carboxylic acids is 1. The summed E-state index contributed by atoms with van der Waals surface area (Å²) in [4.78, 5) is 19.0. The fraction of sp³-hybridized carbons (Fsp3) is 0.333. The van der Waals surface area contributed by atoms with Gasteiger partial charge in [0.25, 0.3) is 0 Å². The summed E-state index contributed by atoms with van der Waals surface area (Å²) in [5.41, 5.74) is 3.10. The van der Waals surface area contributed by atoms with Crippen LogP contribution < -0.4 is 5.32 Å². The van der Waals surface area contributed by atoms with Crippen molar-refractivity contribution in [3.8, 4) is 0 Å². The van der Waals surface area contributed by atoms with E-state index in [0.29, 0.717) is 12.5 Å². The van der Waals surface area contributed by atoms with E-state index in [2.05, 4.69) is 53.9 Å². The number of nitrogens with zero attached hydrogens (tertiary/aromatic N) is 3. The van der Waals surface area contributed by atoms with Crippen molar-refractivity contribution in [2.45, 2.75) is 19.4 Å². The molecule has 0 unspecified atom stereocenters. The molecule has 140 valence electrons. The fourth-order valence-corrected chi connectivity index (χ4v) is 3.96. The van der Waals surface area contributed by atoms with Gasteiger partial charge in [-0.05, 0) is 68.2 Å². The quantitative estimate of drug-likeness (QED) is 0.666. The van der Waals surface area contributed by atoms with Gasteiger partial charge in [-0.3, -0.25) is 9.69 Å². The van der Waals surface area contributed by atoms with Gasteiger partial charge in [0, 0.05) is 16.7 Å². The van der Waals surface area contributed by atoms with E-state index in [0.717, 1.165) is 48.2 Å². The summed E-state index contributed by atoms with van der Waals surface area (Å²) in [6, 6.07) is 15.9. The number of amides is 1. The molecule has 0 atom stereocenters. The van der Waals surface area contributed by atoms with Gasteiger partial charge in [0.05, 0.1) is 23.9 Å². The third kappa shape index (κ3) is 4.57. The van der Waals surface area contributed by atoms with Crippen LogP contribution in [0.5, 0.6) is 0 Å². The summed E-state index contributed by atoms with van der Waals surface area (Å²) in [6.07, 6.45) is 4.17. The highest BCUT2D eigenvalue weighted by molar-refractivity contribution is 9.10. The second-order valence-corrected chi connectivity index (χ2v) is 8.08. The zero-order valence-electron chi connectivity index (χ0n) is 15.1. The number of halogens is 1. The summed E-state index contributed by atoms with van der Waals surface area (Å²) < 4.78 is 3.27. The molecule has 1 aliphatic heterocycles. The number of imidazole rings is 1. The number of benzene rings is 2. The van der Waals surface area contributed by atoms with Gasteiger partial charge >= 0.3 is 0 Å². The molecule has 0 bridgehead atoms. The monoisotopic (exact) mass is 426 g/mol. The molecule has 4 rings (SSSR count). The van der Waals surface area contributed by atoms with Gasteiger partial charge < -0.3 is 9.88 Å². The van der Waals surface area contributed by atoms with Crippen LogP contribution in [-0.2, 0) is 11.3 Å². The van der Waals surface area contributed by atoms with Crippen LogP contribution in [0.15, 0.2) is 59.3 Å². The molecule has 2 heterocycles. The molecule has 3 aromatic rings. The van der Waals surface area contributed by atoms with Crippen LogP contribution in [0.25, 0.3) is 11.0 Å². The van der Waals surface area contributed by atoms with Gasteiger partial charge in [0.1, 0.15) is 0 Å². The van der Waals surface area contributed by atoms with Crippen LogP contribution >= 0.6 is 15.9 Å². The minimum atomic E-state index is 0.0522. The van der Waals surface area contributed by atoms with Crippen molar-refractivity contribution in [2.75, 3.05) is 25.0 Å². The van der Waals surface area contributed by atoms with Gasteiger partial charge in [-0.15, -0.1) is 0 Å². The van der Waals surface area contributed by atoms with E-state index < -0.39 is 0 Å². The first-order valence-electron chi connectivity index (χ1n) is 9.35. The molecular weight excluding hydrogens is 404 g/mol. The van der Waals surface area contributed by atoms with E-state index in [-0.39, 0.29) is 5.91 Å². The number of likely N-dealkylation sites (tertiary alicyclic amines) is 1. The Bertz CT molecular complexity index is 913. The maximum atomic E-state index is 12.3. The molecule has 1 aromatic heterocycles. The molecule has 1 saturated heterocycles. The number of fused-ring (bicyclic) bond motifs is 1. The smallest absolute Gasteiger partial charge is 0.238 e. The first kappa shape index (κ1) is 18.2. The summed E-state index contributed by atoms with van der Waals surface area (Å²) >= 11 is 3.40.